The van der Waals surface area contributed by atoms with Gasteiger partial charge in [-0.05, 0) is 39.2 Å². The molecule has 1 fully saturated rings. The SMILES string of the molecule is CNC(=O)CCN1CCCC(C(C)(C)C(=O)O)C1. The van der Waals surface area contributed by atoms with Crippen molar-refractivity contribution in [3.63, 3.8) is 0 Å². The van der Waals surface area contributed by atoms with Crippen LogP contribution in [0.2, 0.25) is 0 Å². The molecule has 5 nitrogen and oxygen atoms in total. The topological polar surface area (TPSA) is 69.6 Å². The van der Waals surface area contributed by atoms with Gasteiger partial charge in [0.2, 0.25) is 5.91 Å². The van der Waals surface area contributed by atoms with Crippen molar-refractivity contribution in [2.45, 2.75) is 33.1 Å². The Hall–Kier alpha value is -1.10. The third-order valence-electron chi connectivity index (χ3n) is 4.01. The normalized spacial score (nSPS) is 21.6. The van der Waals surface area contributed by atoms with E-state index >= 15 is 0 Å². The Morgan fingerprint density at radius 1 is 1.44 bits per heavy atom. The Morgan fingerprint density at radius 2 is 2.11 bits per heavy atom. The number of nitrogens with one attached hydrogen (secondary N) is 1. The van der Waals surface area contributed by atoms with Crippen molar-refractivity contribution in [1.29, 1.82) is 0 Å². The molecule has 1 rings (SSSR count). The van der Waals surface area contributed by atoms with Gasteiger partial charge in [0.25, 0.3) is 0 Å². The van der Waals surface area contributed by atoms with Crippen molar-refractivity contribution in [1.82, 2.24) is 10.2 Å². The second-order valence-electron chi connectivity index (χ2n) is 5.59. The van der Waals surface area contributed by atoms with Crippen LogP contribution in [0.25, 0.3) is 0 Å². The average molecular weight is 256 g/mol. The molecule has 18 heavy (non-hydrogen) atoms. The van der Waals surface area contributed by atoms with E-state index in [-0.39, 0.29) is 11.8 Å². The number of carbonyl (C=O) groups is 2. The number of piperidine rings is 1. The third kappa shape index (κ3) is 3.70. The Bertz CT molecular complexity index is 315. The lowest BCUT2D eigenvalue weighted by Gasteiger charge is -2.39. The van der Waals surface area contributed by atoms with E-state index in [9.17, 15) is 14.7 Å². The maximum Gasteiger partial charge on any atom is 0.309 e. The second kappa shape index (κ2) is 6.18. The summed E-state index contributed by atoms with van der Waals surface area (Å²) >= 11 is 0. The monoisotopic (exact) mass is 256 g/mol. The molecule has 0 bridgehead atoms. The highest BCUT2D eigenvalue weighted by molar-refractivity contribution is 5.75. The van der Waals surface area contributed by atoms with Crippen LogP contribution < -0.4 is 5.32 Å². The maximum atomic E-state index is 11.3. The van der Waals surface area contributed by atoms with Crippen LogP contribution in [0.1, 0.15) is 33.1 Å². The zero-order chi connectivity index (χ0) is 13.8. The van der Waals surface area contributed by atoms with Crippen LogP contribution in [-0.2, 0) is 9.59 Å². The first-order chi connectivity index (χ1) is 8.37. The number of hydrogen-bond donors (Lipinski definition) is 2. The largest absolute Gasteiger partial charge is 0.481 e. The molecule has 2 N–H and O–H groups in total. The van der Waals surface area contributed by atoms with Gasteiger partial charge in [0.05, 0.1) is 5.41 Å². The highest BCUT2D eigenvalue weighted by Gasteiger charge is 2.38. The molecule has 5 heteroatoms. The van der Waals surface area contributed by atoms with Gasteiger partial charge in [-0.25, -0.2) is 0 Å². The van der Waals surface area contributed by atoms with Crippen LogP contribution in [0.5, 0.6) is 0 Å². The van der Waals surface area contributed by atoms with Gasteiger partial charge < -0.3 is 15.3 Å². The summed E-state index contributed by atoms with van der Waals surface area (Å²) in [5.41, 5.74) is -0.689. The van der Waals surface area contributed by atoms with Gasteiger partial charge >= 0.3 is 5.97 Å². The minimum Gasteiger partial charge on any atom is -0.481 e. The molecule has 1 unspecified atom stereocenters. The van der Waals surface area contributed by atoms with Gasteiger partial charge in [0, 0.05) is 26.6 Å². The van der Waals surface area contributed by atoms with Crippen LogP contribution in [0, 0.1) is 11.3 Å². The van der Waals surface area contributed by atoms with Crippen molar-refractivity contribution < 1.29 is 14.7 Å². The molecule has 1 aliphatic rings. The van der Waals surface area contributed by atoms with E-state index in [0.29, 0.717) is 13.0 Å². The zero-order valence-electron chi connectivity index (χ0n) is 11.5. The summed E-state index contributed by atoms with van der Waals surface area (Å²) in [6.45, 7) is 6.04. The van der Waals surface area contributed by atoms with E-state index in [4.69, 9.17) is 0 Å². The van der Waals surface area contributed by atoms with Crippen LogP contribution in [0.3, 0.4) is 0 Å². The molecular weight excluding hydrogens is 232 g/mol. The third-order valence-corrected chi connectivity index (χ3v) is 4.01. The number of hydrogen-bond acceptors (Lipinski definition) is 3. The van der Waals surface area contributed by atoms with Gasteiger partial charge in [-0.15, -0.1) is 0 Å². The molecular formula is C13H24N2O3. The highest BCUT2D eigenvalue weighted by atomic mass is 16.4. The lowest BCUT2D eigenvalue weighted by Crippen LogP contribution is -2.45. The van der Waals surface area contributed by atoms with E-state index in [1.54, 1.807) is 20.9 Å². The standard InChI is InChI=1S/C13H24N2O3/c1-13(2,12(17)18)10-5-4-7-15(9-10)8-6-11(16)14-3/h10H,4-9H2,1-3H3,(H,14,16)(H,17,18). The zero-order valence-corrected chi connectivity index (χ0v) is 11.5. The number of rotatable bonds is 5. The van der Waals surface area contributed by atoms with E-state index in [2.05, 4.69) is 10.2 Å². The maximum absolute atomic E-state index is 11.3. The van der Waals surface area contributed by atoms with E-state index < -0.39 is 11.4 Å². The van der Waals surface area contributed by atoms with Crippen LogP contribution in [0.15, 0.2) is 0 Å². The minimum atomic E-state index is -0.736. The fraction of sp³-hybridized carbons (Fsp3) is 0.846. The van der Waals surface area contributed by atoms with Crippen LogP contribution >= 0.6 is 0 Å². The van der Waals surface area contributed by atoms with Crippen molar-refractivity contribution in [2.24, 2.45) is 11.3 Å². The Labute approximate surface area is 109 Å². The molecule has 1 atom stereocenters. The van der Waals surface area contributed by atoms with Crippen LogP contribution in [0.4, 0.5) is 0 Å². The Balaban J connectivity index is 2.51. The summed E-state index contributed by atoms with van der Waals surface area (Å²) in [7, 11) is 1.63. The lowest BCUT2D eigenvalue weighted by molar-refractivity contribution is -0.151. The number of carbonyl (C=O) groups excluding carboxylic acids is 1. The molecule has 0 saturated carbocycles. The van der Waals surface area contributed by atoms with E-state index in [1.165, 1.54) is 0 Å². The van der Waals surface area contributed by atoms with E-state index in [0.717, 1.165) is 25.9 Å². The molecule has 0 aromatic rings. The number of aliphatic carboxylic acids is 1. The quantitative estimate of drug-likeness (QED) is 0.768. The smallest absolute Gasteiger partial charge is 0.309 e. The van der Waals surface area contributed by atoms with Gasteiger partial charge in [0.1, 0.15) is 0 Å². The van der Waals surface area contributed by atoms with Crippen molar-refractivity contribution in [2.75, 3.05) is 26.7 Å². The molecule has 1 amide bonds. The number of amides is 1. The highest BCUT2D eigenvalue weighted by Crippen LogP contribution is 2.34. The molecule has 0 aromatic carbocycles. The summed E-state index contributed by atoms with van der Waals surface area (Å²) < 4.78 is 0. The Morgan fingerprint density at radius 3 is 2.67 bits per heavy atom. The molecule has 1 heterocycles. The molecule has 1 aliphatic heterocycles. The lowest BCUT2D eigenvalue weighted by atomic mass is 9.74. The number of nitrogens with zero attached hydrogens (tertiary/aromatic N) is 1. The molecule has 0 spiro atoms. The predicted octanol–water partition coefficient (Wildman–Crippen LogP) is 0.945. The average Bonchev–Trinajstić information content (AvgIpc) is 2.36. The van der Waals surface area contributed by atoms with Gasteiger partial charge in [-0.1, -0.05) is 0 Å². The second-order valence-corrected chi connectivity index (χ2v) is 5.59. The van der Waals surface area contributed by atoms with Crippen molar-refractivity contribution in [3.8, 4) is 0 Å². The number of carboxylic acids is 1. The molecule has 1 saturated heterocycles. The molecule has 0 aliphatic carbocycles. The Kier molecular flexibility index (Phi) is 5.14. The van der Waals surface area contributed by atoms with Crippen molar-refractivity contribution in [3.05, 3.63) is 0 Å². The first-order valence-corrected chi connectivity index (χ1v) is 6.54. The fourth-order valence-corrected chi connectivity index (χ4v) is 2.41. The fourth-order valence-electron chi connectivity index (χ4n) is 2.41. The number of likely N-dealkylation sites (tertiary alicyclic amines) is 1. The van der Waals surface area contributed by atoms with Crippen LogP contribution in [-0.4, -0.2) is 48.6 Å². The molecule has 0 aromatic heterocycles. The summed E-state index contributed by atoms with van der Waals surface area (Å²) in [6.07, 6.45) is 2.45. The van der Waals surface area contributed by atoms with Crippen molar-refractivity contribution >= 4 is 11.9 Å². The minimum absolute atomic E-state index is 0.0367. The van der Waals surface area contributed by atoms with Gasteiger partial charge in [0.15, 0.2) is 0 Å². The van der Waals surface area contributed by atoms with Gasteiger partial charge in [-0.2, -0.15) is 0 Å². The molecule has 104 valence electrons. The summed E-state index contributed by atoms with van der Waals surface area (Å²) in [6, 6.07) is 0. The summed E-state index contributed by atoms with van der Waals surface area (Å²) in [4.78, 5) is 24.7. The van der Waals surface area contributed by atoms with Gasteiger partial charge in [-0.3, -0.25) is 9.59 Å². The first-order valence-electron chi connectivity index (χ1n) is 6.54. The molecule has 0 radical (unpaired) electrons. The summed E-state index contributed by atoms with van der Waals surface area (Å²) in [5.74, 6) is -0.538. The first kappa shape index (κ1) is 15.0. The summed E-state index contributed by atoms with van der Waals surface area (Å²) in [5, 5.41) is 11.9. The van der Waals surface area contributed by atoms with E-state index in [1.807, 2.05) is 0 Å². The predicted molar refractivity (Wildman–Crippen MR) is 69.3 cm³/mol. The number of carboxylic acid groups (broad SMARTS) is 1.